The molecule has 2 N–H and O–H groups in total. The van der Waals surface area contributed by atoms with Gasteiger partial charge in [-0.25, -0.2) is 4.79 Å². The van der Waals surface area contributed by atoms with Crippen molar-refractivity contribution in [2.45, 2.75) is 6.54 Å². The van der Waals surface area contributed by atoms with Gasteiger partial charge in [-0.15, -0.1) is 0 Å². The maximum atomic E-state index is 10.9. The smallest absolute Gasteiger partial charge is 0.335 e. The SMILES string of the molecule is O=C(O)c1cccc(N=NCc2ccccc2OCCO)c1. The molecule has 0 amide bonds. The van der Waals surface area contributed by atoms with E-state index in [4.69, 9.17) is 14.9 Å². The van der Waals surface area contributed by atoms with E-state index in [1.165, 1.54) is 12.1 Å². The number of nitrogens with zero attached hydrogens (tertiary/aromatic N) is 2. The third-order valence-electron chi connectivity index (χ3n) is 2.84. The highest BCUT2D eigenvalue weighted by Gasteiger charge is 2.03. The lowest BCUT2D eigenvalue weighted by Gasteiger charge is -2.08. The Kier molecular flexibility index (Phi) is 5.62. The second-order valence-electron chi connectivity index (χ2n) is 4.43. The van der Waals surface area contributed by atoms with Crippen LogP contribution in [-0.4, -0.2) is 29.4 Å². The predicted octanol–water partition coefficient (Wildman–Crippen LogP) is 3.04. The van der Waals surface area contributed by atoms with Gasteiger partial charge in [0.05, 0.1) is 24.4 Å². The van der Waals surface area contributed by atoms with E-state index >= 15 is 0 Å². The van der Waals surface area contributed by atoms with Gasteiger partial charge in [-0.2, -0.15) is 10.2 Å². The summed E-state index contributed by atoms with van der Waals surface area (Å²) in [6, 6.07) is 13.6. The molecule has 6 heteroatoms. The molecular formula is C16H16N2O4. The van der Waals surface area contributed by atoms with Crippen LogP contribution in [0.25, 0.3) is 0 Å². The van der Waals surface area contributed by atoms with E-state index < -0.39 is 5.97 Å². The number of azo groups is 1. The Bertz CT molecular complexity index is 671. The number of rotatable bonds is 7. The monoisotopic (exact) mass is 300 g/mol. The zero-order valence-corrected chi connectivity index (χ0v) is 11.8. The second-order valence-corrected chi connectivity index (χ2v) is 4.43. The van der Waals surface area contributed by atoms with E-state index in [1.54, 1.807) is 18.2 Å². The normalized spacial score (nSPS) is 10.8. The summed E-state index contributed by atoms with van der Waals surface area (Å²) in [6.07, 6.45) is 0. The van der Waals surface area contributed by atoms with Gasteiger partial charge in [0, 0.05) is 5.56 Å². The number of ether oxygens (including phenoxy) is 1. The molecule has 22 heavy (non-hydrogen) atoms. The van der Waals surface area contributed by atoms with E-state index in [1.807, 2.05) is 18.2 Å². The fraction of sp³-hybridized carbons (Fsp3) is 0.188. The summed E-state index contributed by atoms with van der Waals surface area (Å²) in [5.74, 6) is -0.352. The summed E-state index contributed by atoms with van der Waals surface area (Å²) < 4.78 is 5.41. The minimum atomic E-state index is -1.00. The maximum Gasteiger partial charge on any atom is 0.335 e. The van der Waals surface area contributed by atoms with Crippen LogP contribution in [0.3, 0.4) is 0 Å². The minimum absolute atomic E-state index is 0.0577. The van der Waals surface area contributed by atoms with Gasteiger partial charge in [-0.1, -0.05) is 24.3 Å². The molecule has 0 saturated carbocycles. The lowest BCUT2D eigenvalue weighted by Crippen LogP contribution is -2.03. The minimum Gasteiger partial charge on any atom is -0.491 e. The number of aliphatic hydroxyl groups excluding tert-OH is 1. The van der Waals surface area contributed by atoms with E-state index in [9.17, 15) is 4.79 Å². The van der Waals surface area contributed by atoms with Gasteiger partial charge < -0.3 is 14.9 Å². The van der Waals surface area contributed by atoms with Gasteiger partial charge in [0.1, 0.15) is 12.4 Å². The fourth-order valence-electron chi connectivity index (χ4n) is 1.83. The molecule has 0 aliphatic heterocycles. The Labute approximate surface area is 127 Å². The van der Waals surface area contributed by atoms with Gasteiger partial charge in [0.2, 0.25) is 0 Å². The first-order chi connectivity index (χ1) is 10.7. The standard InChI is InChI=1S/C16H16N2O4/c19-8-9-22-15-7-2-1-4-13(15)11-17-18-14-6-3-5-12(10-14)16(20)21/h1-7,10,19H,8-9,11H2,(H,20,21). The number of aromatic carboxylic acids is 1. The topological polar surface area (TPSA) is 91.5 Å². The first-order valence-corrected chi connectivity index (χ1v) is 6.73. The fourth-order valence-corrected chi connectivity index (χ4v) is 1.83. The zero-order valence-electron chi connectivity index (χ0n) is 11.8. The first kappa shape index (κ1) is 15.7. The molecular weight excluding hydrogens is 284 g/mol. The summed E-state index contributed by atoms with van der Waals surface area (Å²) >= 11 is 0. The van der Waals surface area contributed by atoms with Gasteiger partial charge >= 0.3 is 5.97 Å². The van der Waals surface area contributed by atoms with E-state index in [2.05, 4.69) is 10.2 Å². The molecule has 0 unspecified atom stereocenters. The van der Waals surface area contributed by atoms with Crippen LogP contribution < -0.4 is 4.74 Å². The van der Waals surface area contributed by atoms with Crippen molar-refractivity contribution in [3.05, 3.63) is 59.7 Å². The maximum absolute atomic E-state index is 10.9. The molecule has 2 aromatic carbocycles. The average molecular weight is 300 g/mol. The summed E-state index contributed by atoms with van der Waals surface area (Å²) in [6.45, 7) is 0.464. The van der Waals surface area contributed by atoms with Crippen LogP contribution in [0.1, 0.15) is 15.9 Å². The number of hydrogen-bond donors (Lipinski definition) is 2. The van der Waals surface area contributed by atoms with E-state index in [0.29, 0.717) is 18.0 Å². The Hall–Kier alpha value is -2.73. The molecule has 0 heterocycles. The van der Waals surface area contributed by atoms with Crippen molar-refractivity contribution < 1.29 is 19.7 Å². The highest BCUT2D eigenvalue weighted by atomic mass is 16.5. The molecule has 2 aromatic rings. The largest absolute Gasteiger partial charge is 0.491 e. The van der Waals surface area contributed by atoms with Crippen molar-refractivity contribution >= 4 is 11.7 Å². The first-order valence-electron chi connectivity index (χ1n) is 6.73. The third-order valence-corrected chi connectivity index (χ3v) is 2.84. The van der Waals surface area contributed by atoms with Crippen molar-refractivity contribution in [3.8, 4) is 5.75 Å². The van der Waals surface area contributed by atoms with Crippen molar-refractivity contribution in [1.29, 1.82) is 0 Å². The molecule has 0 bridgehead atoms. The van der Waals surface area contributed by atoms with Crippen molar-refractivity contribution in [2.24, 2.45) is 10.2 Å². The average Bonchev–Trinajstić information content (AvgIpc) is 2.54. The Morgan fingerprint density at radius 3 is 2.73 bits per heavy atom. The van der Waals surface area contributed by atoms with Gasteiger partial charge in [-0.3, -0.25) is 0 Å². The zero-order chi connectivity index (χ0) is 15.8. The molecule has 0 aliphatic rings. The van der Waals surface area contributed by atoms with Crippen molar-refractivity contribution in [3.63, 3.8) is 0 Å². The lowest BCUT2D eigenvalue weighted by molar-refractivity contribution is 0.0697. The number of aliphatic hydroxyl groups is 1. The number of para-hydroxylation sites is 1. The van der Waals surface area contributed by atoms with Crippen molar-refractivity contribution in [2.75, 3.05) is 13.2 Å². The number of benzene rings is 2. The molecule has 0 atom stereocenters. The molecule has 0 spiro atoms. The lowest BCUT2D eigenvalue weighted by atomic mass is 10.2. The highest BCUT2D eigenvalue weighted by Crippen LogP contribution is 2.20. The van der Waals surface area contributed by atoms with Crippen LogP contribution in [0.2, 0.25) is 0 Å². The quantitative estimate of drug-likeness (QED) is 0.769. The van der Waals surface area contributed by atoms with Crippen molar-refractivity contribution in [1.82, 2.24) is 0 Å². The summed E-state index contributed by atoms with van der Waals surface area (Å²) in [5.41, 5.74) is 1.49. The van der Waals surface area contributed by atoms with Crippen LogP contribution in [0, 0.1) is 0 Å². The second kappa shape index (κ2) is 7.90. The van der Waals surface area contributed by atoms with E-state index in [0.717, 1.165) is 5.56 Å². The molecule has 6 nitrogen and oxygen atoms in total. The summed E-state index contributed by atoms with van der Waals surface area (Å²) in [7, 11) is 0. The van der Waals surface area contributed by atoms with Gasteiger partial charge in [0.25, 0.3) is 0 Å². The van der Waals surface area contributed by atoms with Crippen LogP contribution in [0.5, 0.6) is 5.75 Å². The highest BCUT2D eigenvalue weighted by molar-refractivity contribution is 5.88. The molecule has 2 rings (SSSR count). The predicted molar refractivity (Wildman–Crippen MR) is 80.6 cm³/mol. The van der Waals surface area contributed by atoms with Gasteiger partial charge in [-0.05, 0) is 24.3 Å². The molecule has 0 saturated heterocycles. The van der Waals surface area contributed by atoms with Crippen LogP contribution in [-0.2, 0) is 6.54 Å². The number of hydrogen-bond acceptors (Lipinski definition) is 5. The van der Waals surface area contributed by atoms with E-state index in [-0.39, 0.29) is 18.8 Å². The van der Waals surface area contributed by atoms with Crippen LogP contribution in [0.4, 0.5) is 5.69 Å². The molecule has 0 radical (unpaired) electrons. The Morgan fingerprint density at radius 1 is 1.14 bits per heavy atom. The third kappa shape index (κ3) is 4.39. The summed E-state index contributed by atoms with van der Waals surface area (Å²) in [4.78, 5) is 10.9. The van der Waals surface area contributed by atoms with Gasteiger partial charge in [0.15, 0.2) is 0 Å². The summed E-state index contributed by atoms with van der Waals surface area (Å²) in [5, 5.41) is 25.8. The number of carboxylic acid groups (broad SMARTS) is 1. The molecule has 0 aliphatic carbocycles. The Morgan fingerprint density at radius 2 is 1.95 bits per heavy atom. The number of carboxylic acids is 1. The molecule has 114 valence electrons. The van der Waals surface area contributed by atoms with Crippen LogP contribution in [0.15, 0.2) is 58.8 Å². The number of carbonyl (C=O) groups is 1. The molecule has 0 fully saturated rings. The van der Waals surface area contributed by atoms with Crippen LogP contribution >= 0.6 is 0 Å². The molecule has 0 aromatic heterocycles. The Balaban J connectivity index is 2.06.